The van der Waals surface area contributed by atoms with Gasteiger partial charge in [-0.05, 0) is 56.7 Å². The minimum absolute atomic E-state index is 0.690. The number of fused-ring (bicyclic) bond motifs is 1. The number of hydrogen-bond acceptors (Lipinski definition) is 2. The number of halogens is 1. The topological polar surface area (TPSA) is 37.9 Å². The number of nitriles is 1. The van der Waals surface area contributed by atoms with Gasteiger partial charge in [-0.15, -0.1) is 0 Å². The Kier molecular flexibility index (Phi) is 4.03. The Labute approximate surface area is 147 Å². The van der Waals surface area contributed by atoms with E-state index in [4.69, 9.17) is 16.3 Å². The fourth-order valence-electron chi connectivity index (χ4n) is 2.91. The Morgan fingerprint density at radius 2 is 1.79 bits per heavy atom. The third kappa shape index (κ3) is 2.86. The van der Waals surface area contributed by atoms with Crippen molar-refractivity contribution in [3.8, 4) is 22.9 Å². The maximum absolute atomic E-state index is 9.18. The molecule has 0 fully saturated rings. The lowest BCUT2D eigenvalue weighted by Crippen LogP contribution is -2.25. The molecule has 1 aromatic heterocycles. The van der Waals surface area contributed by atoms with E-state index in [1.54, 1.807) is 13.8 Å². The summed E-state index contributed by atoms with van der Waals surface area (Å²) in [6.07, 6.45) is 0. The molecule has 0 spiro atoms. The minimum Gasteiger partial charge on any atom is -0.473 e. The van der Waals surface area contributed by atoms with E-state index in [0.717, 1.165) is 27.1 Å². The predicted octanol–water partition coefficient (Wildman–Crippen LogP) is 5.49. The first kappa shape index (κ1) is 16.4. The van der Waals surface area contributed by atoms with Crippen LogP contribution in [0.2, 0.25) is 5.02 Å². The summed E-state index contributed by atoms with van der Waals surface area (Å²) in [5.74, 6) is 0.690. The third-order valence-corrected chi connectivity index (χ3v) is 4.49. The van der Waals surface area contributed by atoms with Crippen molar-refractivity contribution in [2.75, 3.05) is 0 Å². The van der Waals surface area contributed by atoms with Crippen LogP contribution >= 0.6 is 11.6 Å². The number of rotatable bonds is 3. The summed E-state index contributed by atoms with van der Waals surface area (Å²) in [5.41, 5.74) is 3.70. The van der Waals surface area contributed by atoms with Gasteiger partial charge in [0.05, 0.1) is 0 Å². The van der Waals surface area contributed by atoms with Crippen LogP contribution in [0.5, 0.6) is 5.75 Å². The van der Waals surface area contributed by atoms with E-state index >= 15 is 0 Å². The van der Waals surface area contributed by atoms with Crippen molar-refractivity contribution in [3.63, 3.8) is 0 Å². The lowest BCUT2D eigenvalue weighted by molar-refractivity contribution is 0.170. The molecule has 0 saturated heterocycles. The van der Waals surface area contributed by atoms with Crippen LogP contribution in [0.25, 0.3) is 22.0 Å². The fraction of sp³-hybridized carbons (Fsp3) is 0.250. The molecule has 122 valence electrons. The van der Waals surface area contributed by atoms with Gasteiger partial charge in [0, 0.05) is 34.2 Å². The lowest BCUT2D eigenvalue weighted by Gasteiger charge is -2.18. The number of aryl methyl sites for hydroxylation is 1. The Morgan fingerprint density at radius 1 is 1.12 bits per heavy atom. The normalized spacial score (nSPS) is 11.5. The molecule has 0 bridgehead atoms. The Bertz CT molecular complexity index is 946. The summed E-state index contributed by atoms with van der Waals surface area (Å²) < 4.78 is 7.99. The highest BCUT2D eigenvalue weighted by Gasteiger charge is 2.20. The molecular formula is C20H19ClN2O. The molecule has 4 heteroatoms. The smallest absolute Gasteiger partial charge is 0.188 e. The average molecular weight is 339 g/mol. The predicted molar refractivity (Wildman–Crippen MR) is 98.4 cm³/mol. The molecule has 0 amide bonds. The lowest BCUT2D eigenvalue weighted by atomic mass is 10.0. The summed E-state index contributed by atoms with van der Waals surface area (Å²) in [4.78, 5) is 0. The van der Waals surface area contributed by atoms with E-state index in [1.807, 2.05) is 42.5 Å². The van der Waals surface area contributed by atoms with Crippen LogP contribution in [0.15, 0.2) is 42.5 Å². The minimum atomic E-state index is -0.863. The number of ether oxygens (including phenoxy) is 1. The maximum atomic E-state index is 9.18. The van der Waals surface area contributed by atoms with Crippen molar-refractivity contribution < 1.29 is 4.74 Å². The molecule has 3 aromatic rings. The molecule has 3 nitrogen and oxygen atoms in total. The van der Waals surface area contributed by atoms with Crippen LogP contribution in [-0.4, -0.2) is 10.2 Å². The molecule has 3 rings (SSSR count). The van der Waals surface area contributed by atoms with Crippen molar-refractivity contribution in [1.82, 2.24) is 4.57 Å². The fourth-order valence-corrected chi connectivity index (χ4v) is 3.04. The van der Waals surface area contributed by atoms with Gasteiger partial charge in [-0.1, -0.05) is 23.7 Å². The zero-order valence-corrected chi connectivity index (χ0v) is 15.0. The van der Waals surface area contributed by atoms with E-state index in [-0.39, 0.29) is 0 Å². The molecule has 0 N–H and O–H groups in total. The van der Waals surface area contributed by atoms with Crippen molar-refractivity contribution in [2.45, 2.75) is 26.4 Å². The molecule has 0 aliphatic carbocycles. The largest absolute Gasteiger partial charge is 0.473 e. The average Bonchev–Trinajstić information content (AvgIpc) is 2.79. The van der Waals surface area contributed by atoms with Crippen molar-refractivity contribution >= 4 is 22.5 Å². The summed E-state index contributed by atoms with van der Waals surface area (Å²) >= 11 is 6.02. The molecule has 24 heavy (non-hydrogen) atoms. The molecule has 0 aliphatic rings. The highest BCUT2D eigenvalue weighted by atomic mass is 35.5. The van der Waals surface area contributed by atoms with Crippen molar-refractivity contribution in [3.05, 3.63) is 53.2 Å². The second kappa shape index (κ2) is 5.89. The number of nitrogens with zero attached hydrogens (tertiary/aromatic N) is 2. The first-order valence-electron chi connectivity index (χ1n) is 7.77. The van der Waals surface area contributed by atoms with E-state index in [1.165, 1.54) is 5.69 Å². The van der Waals surface area contributed by atoms with E-state index in [0.29, 0.717) is 5.75 Å². The van der Waals surface area contributed by atoms with Gasteiger partial charge in [-0.3, -0.25) is 0 Å². The van der Waals surface area contributed by atoms with Gasteiger partial charge < -0.3 is 9.30 Å². The highest BCUT2D eigenvalue weighted by Crippen LogP contribution is 2.37. The van der Waals surface area contributed by atoms with Crippen LogP contribution in [0, 0.1) is 18.3 Å². The number of aromatic nitrogens is 1. The maximum Gasteiger partial charge on any atom is 0.188 e. The van der Waals surface area contributed by atoms with Crippen molar-refractivity contribution in [2.24, 2.45) is 7.05 Å². The molecule has 1 heterocycles. The quantitative estimate of drug-likeness (QED) is 0.633. The summed E-state index contributed by atoms with van der Waals surface area (Å²) in [5, 5.41) is 11.0. The molecular weight excluding hydrogens is 320 g/mol. The Balaban J connectivity index is 2.19. The van der Waals surface area contributed by atoms with Crippen LogP contribution in [0.3, 0.4) is 0 Å². The van der Waals surface area contributed by atoms with Gasteiger partial charge in [0.2, 0.25) is 0 Å². The van der Waals surface area contributed by atoms with Gasteiger partial charge in [-0.25, -0.2) is 0 Å². The molecule has 2 aromatic carbocycles. The molecule has 0 atom stereocenters. The highest BCUT2D eigenvalue weighted by molar-refractivity contribution is 6.30. The second-order valence-corrected chi connectivity index (χ2v) is 6.87. The molecule has 0 radical (unpaired) electrons. The van der Waals surface area contributed by atoms with Crippen LogP contribution < -0.4 is 4.74 Å². The van der Waals surface area contributed by atoms with E-state index < -0.39 is 5.60 Å². The SMILES string of the molecule is Cc1c(-c2ccc(Cl)cc2)c2cc(OC(C)(C)C#N)ccc2n1C. The first-order chi connectivity index (χ1) is 11.3. The van der Waals surface area contributed by atoms with Crippen LogP contribution in [0.4, 0.5) is 0 Å². The Hall–Kier alpha value is -2.44. The zero-order chi connectivity index (χ0) is 17.5. The van der Waals surface area contributed by atoms with Gasteiger partial charge in [-0.2, -0.15) is 5.26 Å². The molecule has 0 unspecified atom stereocenters. The first-order valence-corrected chi connectivity index (χ1v) is 8.15. The van der Waals surface area contributed by atoms with Crippen LogP contribution in [-0.2, 0) is 7.05 Å². The van der Waals surface area contributed by atoms with Gasteiger partial charge in [0.1, 0.15) is 11.8 Å². The number of hydrogen-bond donors (Lipinski definition) is 0. The summed E-state index contributed by atoms with van der Waals surface area (Å²) in [7, 11) is 2.05. The van der Waals surface area contributed by atoms with Gasteiger partial charge in [0.15, 0.2) is 5.60 Å². The third-order valence-electron chi connectivity index (χ3n) is 4.24. The standard InChI is InChI=1S/C20H19ClN2O/c1-13-19(14-5-7-15(21)8-6-14)17-11-16(24-20(2,3)12-22)9-10-18(17)23(13)4/h5-11H,1-4H3. The van der Waals surface area contributed by atoms with Gasteiger partial charge >= 0.3 is 0 Å². The Morgan fingerprint density at radius 3 is 2.42 bits per heavy atom. The molecule has 0 saturated carbocycles. The summed E-state index contributed by atoms with van der Waals surface area (Å²) in [6.45, 7) is 5.62. The van der Waals surface area contributed by atoms with Crippen LogP contribution in [0.1, 0.15) is 19.5 Å². The van der Waals surface area contributed by atoms with Gasteiger partial charge in [0.25, 0.3) is 0 Å². The number of benzene rings is 2. The molecule has 0 aliphatic heterocycles. The monoisotopic (exact) mass is 338 g/mol. The van der Waals surface area contributed by atoms with E-state index in [9.17, 15) is 5.26 Å². The van der Waals surface area contributed by atoms with E-state index in [2.05, 4.69) is 24.6 Å². The summed E-state index contributed by atoms with van der Waals surface area (Å²) in [6, 6.07) is 16.0. The zero-order valence-electron chi connectivity index (χ0n) is 14.2. The second-order valence-electron chi connectivity index (χ2n) is 6.43. The van der Waals surface area contributed by atoms with Crippen molar-refractivity contribution in [1.29, 1.82) is 5.26 Å².